The molecule has 1 aliphatic heterocycles. The molecule has 2 rings (SSSR count). The number of benzene rings is 1. The molecule has 1 aromatic rings. The molecule has 0 bridgehead atoms. The molecule has 0 saturated carbocycles. The van der Waals surface area contributed by atoms with E-state index in [-0.39, 0.29) is 36.0 Å². The number of nitrogens with zero attached hydrogens (tertiary/aromatic N) is 1. The van der Waals surface area contributed by atoms with E-state index in [1.807, 2.05) is 31.2 Å². The first-order chi connectivity index (χ1) is 12.2. The smallest absolute Gasteiger partial charge is 0.253 e. The fourth-order valence-corrected chi connectivity index (χ4v) is 2.56. The van der Waals surface area contributed by atoms with Crippen molar-refractivity contribution in [1.82, 2.24) is 10.6 Å². The van der Waals surface area contributed by atoms with Crippen molar-refractivity contribution in [3.05, 3.63) is 29.8 Å². The molecule has 8 heteroatoms. The predicted molar refractivity (Wildman–Crippen MR) is 114 cm³/mol. The molecule has 1 aromatic carbocycles. The number of amides is 1. The molecule has 0 spiro atoms. The lowest BCUT2D eigenvalue weighted by molar-refractivity contribution is -0.124. The lowest BCUT2D eigenvalue weighted by Crippen LogP contribution is -2.38. The molecule has 26 heavy (non-hydrogen) atoms. The second-order valence-electron chi connectivity index (χ2n) is 5.74. The van der Waals surface area contributed by atoms with E-state index < -0.39 is 0 Å². The Bertz CT molecular complexity index is 577. The van der Waals surface area contributed by atoms with Gasteiger partial charge < -0.3 is 25.4 Å². The van der Waals surface area contributed by atoms with Gasteiger partial charge in [0.1, 0.15) is 6.10 Å². The molecule has 146 valence electrons. The van der Waals surface area contributed by atoms with Crippen LogP contribution >= 0.6 is 24.0 Å². The number of carbonyl (C=O) groups is 1. The summed E-state index contributed by atoms with van der Waals surface area (Å²) in [5, 5.41) is 9.35. The first-order valence-corrected chi connectivity index (χ1v) is 8.76. The summed E-state index contributed by atoms with van der Waals surface area (Å²) >= 11 is 0. The summed E-state index contributed by atoms with van der Waals surface area (Å²) < 4.78 is 10.7. The van der Waals surface area contributed by atoms with Crippen LogP contribution in [0, 0.1) is 0 Å². The van der Waals surface area contributed by atoms with E-state index >= 15 is 0 Å². The highest BCUT2D eigenvalue weighted by molar-refractivity contribution is 14.0. The molecule has 0 aliphatic carbocycles. The van der Waals surface area contributed by atoms with Crippen LogP contribution in [0.5, 0.6) is 0 Å². The lowest BCUT2D eigenvalue weighted by Gasteiger charge is -2.13. The maximum atomic E-state index is 12.1. The summed E-state index contributed by atoms with van der Waals surface area (Å²) in [5.74, 6) is 0.643. The maximum absolute atomic E-state index is 12.1. The minimum Gasteiger partial charge on any atom is -0.380 e. The van der Waals surface area contributed by atoms with Crippen LogP contribution in [-0.4, -0.2) is 51.4 Å². The summed E-state index contributed by atoms with van der Waals surface area (Å²) in [4.78, 5) is 16.3. The fourth-order valence-electron chi connectivity index (χ4n) is 2.56. The average molecular weight is 476 g/mol. The van der Waals surface area contributed by atoms with E-state index in [4.69, 9.17) is 9.47 Å². The highest BCUT2D eigenvalue weighted by Gasteiger charge is 2.23. The largest absolute Gasteiger partial charge is 0.380 e. The molecule has 1 saturated heterocycles. The van der Waals surface area contributed by atoms with Gasteiger partial charge in [-0.15, -0.1) is 24.0 Å². The molecule has 7 nitrogen and oxygen atoms in total. The van der Waals surface area contributed by atoms with Gasteiger partial charge in [0.25, 0.3) is 5.91 Å². The van der Waals surface area contributed by atoms with Crippen molar-refractivity contribution in [2.45, 2.75) is 32.4 Å². The predicted octanol–water partition coefficient (Wildman–Crippen LogP) is 2.12. The van der Waals surface area contributed by atoms with E-state index in [1.54, 1.807) is 7.05 Å². The molecule has 0 radical (unpaired) electrons. The Morgan fingerprint density at radius 2 is 2.23 bits per heavy atom. The van der Waals surface area contributed by atoms with Crippen LogP contribution < -0.4 is 16.0 Å². The number of guanidine groups is 1. The molecule has 1 unspecified atom stereocenters. The van der Waals surface area contributed by atoms with Gasteiger partial charge in [0, 0.05) is 39.0 Å². The number of rotatable bonds is 8. The number of hydrogen-bond acceptors (Lipinski definition) is 4. The van der Waals surface area contributed by atoms with E-state index in [1.165, 1.54) is 0 Å². The standard InChI is InChI=1S/C18H28N4O3.HI/c1-3-24-11-9-20-18(19-2)21-13-14-6-4-7-15(12-14)22-17(23)16-8-5-10-25-16;/h4,6-7,12,16H,3,5,8-11,13H2,1-2H3,(H,22,23)(H2,19,20,21);1H. The number of halogens is 1. The van der Waals surface area contributed by atoms with Crippen LogP contribution in [0.2, 0.25) is 0 Å². The van der Waals surface area contributed by atoms with Crippen molar-refractivity contribution < 1.29 is 14.3 Å². The van der Waals surface area contributed by atoms with Gasteiger partial charge in [0.05, 0.1) is 6.61 Å². The van der Waals surface area contributed by atoms with E-state index in [9.17, 15) is 4.79 Å². The Morgan fingerprint density at radius 3 is 2.92 bits per heavy atom. The number of aliphatic imine (C=N–C) groups is 1. The summed E-state index contributed by atoms with van der Waals surface area (Å²) in [6.45, 7) is 5.29. The summed E-state index contributed by atoms with van der Waals surface area (Å²) in [5.41, 5.74) is 1.83. The summed E-state index contributed by atoms with van der Waals surface area (Å²) in [6.07, 6.45) is 1.41. The topological polar surface area (TPSA) is 84.0 Å². The molecule has 1 atom stereocenters. The molecule has 1 heterocycles. The SMILES string of the molecule is CCOCCNC(=NC)NCc1cccc(NC(=O)C2CCCO2)c1.I. The number of hydrogen-bond donors (Lipinski definition) is 3. The number of ether oxygens (including phenoxy) is 2. The van der Waals surface area contributed by atoms with Crippen molar-refractivity contribution >= 4 is 41.5 Å². The number of anilines is 1. The van der Waals surface area contributed by atoms with Gasteiger partial charge in [-0.1, -0.05) is 12.1 Å². The maximum Gasteiger partial charge on any atom is 0.253 e. The highest BCUT2D eigenvalue weighted by atomic mass is 127. The second-order valence-corrected chi connectivity index (χ2v) is 5.74. The highest BCUT2D eigenvalue weighted by Crippen LogP contribution is 2.16. The Kier molecular flexibility index (Phi) is 11.2. The van der Waals surface area contributed by atoms with Crippen LogP contribution in [0.15, 0.2) is 29.3 Å². The van der Waals surface area contributed by atoms with E-state index in [0.717, 1.165) is 24.1 Å². The Balaban J connectivity index is 0.00000338. The van der Waals surface area contributed by atoms with Gasteiger partial charge in [-0.05, 0) is 37.5 Å². The molecule has 0 aromatic heterocycles. The van der Waals surface area contributed by atoms with Crippen molar-refractivity contribution in [1.29, 1.82) is 0 Å². The number of nitrogens with one attached hydrogen (secondary N) is 3. The third-order valence-corrected chi connectivity index (χ3v) is 3.84. The molecule has 1 fully saturated rings. The molecular formula is C18H29IN4O3. The van der Waals surface area contributed by atoms with Crippen molar-refractivity contribution in [2.24, 2.45) is 4.99 Å². The third-order valence-electron chi connectivity index (χ3n) is 3.84. The van der Waals surface area contributed by atoms with E-state index in [2.05, 4.69) is 20.9 Å². The zero-order valence-corrected chi connectivity index (χ0v) is 17.7. The zero-order valence-electron chi connectivity index (χ0n) is 15.4. The minimum absolute atomic E-state index is 0. The second kappa shape index (κ2) is 12.9. The zero-order chi connectivity index (χ0) is 17.9. The normalized spacial score (nSPS) is 16.7. The Labute approximate surface area is 172 Å². The van der Waals surface area contributed by atoms with Crippen LogP contribution in [-0.2, 0) is 20.8 Å². The van der Waals surface area contributed by atoms with Gasteiger partial charge in [-0.25, -0.2) is 0 Å². The van der Waals surface area contributed by atoms with E-state index in [0.29, 0.717) is 38.9 Å². The third kappa shape index (κ3) is 7.88. The summed E-state index contributed by atoms with van der Waals surface area (Å²) in [7, 11) is 1.73. The van der Waals surface area contributed by atoms with Gasteiger partial charge in [0.2, 0.25) is 0 Å². The minimum atomic E-state index is -0.324. The first-order valence-electron chi connectivity index (χ1n) is 8.76. The van der Waals surface area contributed by atoms with Crippen molar-refractivity contribution in [3.63, 3.8) is 0 Å². The number of carbonyl (C=O) groups excluding carboxylic acids is 1. The van der Waals surface area contributed by atoms with Gasteiger partial charge in [0.15, 0.2) is 5.96 Å². The quantitative estimate of drug-likeness (QED) is 0.232. The van der Waals surface area contributed by atoms with Crippen LogP contribution in [0.1, 0.15) is 25.3 Å². The molecule has 1 aliphatic rings. The van der Waals surface area contributed by atoms with Gasteiger partial charge >= 0.3 is 0 Å². The molecular weight excluding hydrogens is 447 g/mol. The summed E-state index contributed by atoms with van der Waals surface area (Å²) in [6, 6.07) is 7.76. The monoisotopic (exact) mass is 476 g/mol. The van der Waals surface area contributed by atoms with Crippen LogP contribution in [0.25, 0.3) is 0 Å². The van der Waals surface area contributed by atoms with Crippen LogP contribution in [0.3, 0.4) is 0 Å². The average Bonchev–Trinajstić information content (AvgIpc) is 3.16. The van der Waals surface area contributed by atoms with Crippen molar-refractivity contribution in [2.75, 3.05) is 38.7 Å². The van der Waals surface area contributed by atoms with Crippen LogP contribution in [0.4, 0.5) is 5.69 Å². The first kappa shape index (κ1) is 22.7. The van der Waals surface area contributed by atoms with Gasteiger partial charge in [-0.3, -0.25) is 9.79 Å². The molecule has 1 amide bonds. The Hall–Kier alpha value is -1.39. The molecule has 3 N–H and O–H groups in total. The fraction of sp³-hybridized carbons (Fsp3) is 0.556. The lowest BCUT2D eigenvalue weighted by atomic mass is 10.2. The Morgan fingerprint density at radius 1 is 1.38 bits per heavy atom. The van der Waals surface area contributed by atoms with Crippen molar-refractivity contribution in [3.8, 4) is 0 Å². The van der Waals surface area contributed by atoms with Gasteiger partial charge in [-0.2, -0.15) is 0 Å².